The molecule has 0 radical (unpaired) electrons. The monoisotopic (exact) mass is 244 g/mol. The third kappa shape index (κ3) is 2.15. The van der Waals surface area contributed by atoms with E-state index in [0.717, 1.165) is 11.8 Å². The van der Waals surface area contributed by atoms with E-state index in [4.69, 9.17) is 5.11 Å². The van der Waals surface area contributed by atoms with Crippen LogP contribution in [0.25, 0.3) is 0 Å². The number of ketones is 1. The van der Waals surface area contributed by atoms with Crippen LogP contribution in [0.1, 0.15) is 10.4 Å². The van der Waals surface area contributed by atoms with Gasteiger partial charge in [0, 0.05) is 43.2 Å². The number of hydrogen-bond donors (Lipinski definition) is 1. The zero-order valence-electron chi connectivity index (χ0n) is 10.0. The number of carbonyl (C=O) groups is 2. The van der Waals surface area contributed by atoms with E-state index in [0.29, 0.717) is 11.3 Å². The third-order valence-corrected chi connectivity index (χ3v) is 2.63. The number of aliphatic carboxylic acids is 1. The summed E-state index contributed by atoms with van der Waals surface area (Å²) in [5.41, 5.74) is 2.02. The summed E-state index contributed by atoms with van der Waals surface area (Å²) in [6.45, 7) is 0. The Morgan fingerprint density at radius 3 is 2.72 bits per heavy atom. The molecule has 2 rings (SSSR count). The number of Topliss-reactive ketones (excluding diaryl/α,β-unsaturated/α-hetero) is 1. The average Bonchev–Trinajstić information content (AvgIpc) is 2.32. The molecule has 0 aliphatic carbocycles. The topological polar surface area (TPSA) is 70.0 Å². The van der Waals surface area contributed by atoms with Gasteiger partial charge in [-0.1, -0.05) is 0 Å². The number of allylic oxidation sites excluding steroid dienone is 1. The number of carboxylic acids is 1. The maximum atomic E-state index is 12.0. The smallest absolute Gasteiger partial charge is 0.329 e. The van der Waals surface area contributed by atoms with Crippen molar-refractivity contribution in [3.63, 3.8) is 0 Å². The Bertz CT molecular complexity index is 586. The van der Waals surface area contributed by atoms with Crippen LogP contribution in [0.5, 0.6) is 0 Å². The molecule has 1 N–H and O–H groups in total. The predicted octanol–water partition coefficient (Wildman–Crippen LogP) is 1.66. The molecule has 1 aliphatic heterocycles. The molecule has 0 amide bonds. The lowest BCUT2D eigenvalue weighted by atomic mass is 9.99. The first kappa shape index (κ1) is 12.0. The first-order chi connectivity index (χ1) is 8.49. The summed E-state index contributed by atoms with van der Waals surface area (Å²) < 4.78 is 0. The summed E-state index contributed by atoms with van der Waals surface area (Å²) in [6.07, 6.45) is 2.16. The summed E-state index contributed by atoms with van der Waals surface area (Å²) in [5, 5.41) is 8.65. The molecule has 0 aromatic heterocycles. The van der Waals surface area contributed by atoms with Gasteiger partial charge in [0.15, 0.2) is 5.78 Å². The molecule has 0 fully saturated rings. The average molecular weight is 244 g/mol. The number of carboxylic acid groups (broad SMARTS) is 1. The van der Waals surface area contributed by atoms with Gasteiger partial charge in [0.2, 0.25) is 0 Å². The van der Waals surface area contributed by atoms with E-state index in [1.54, 1.807) is 18.2 Å². The molecular weight excluding hydrogens is 232 g/mol. The summed E-state index contributed by atoms with van der Waals surface area (Å²) >= 11 is 0. The molecule has 1 aromatic carbocycles. The molecule has 0 bridgehead atoms. The molecule has 1 aliphatic rings. The van der Waals surface area contributed by atoms with E-state index >= 15 is 0 Å². The molecule has 18 heavy (non-hydrogen) atoms. The molecule has 0 atom stereocenters. The maximum Gasteiger partial charge on any atom is 0.329 e. The molecule has 0 saturated heterocycles. The molecule has 1 heterocycles. The van der Waals surface area contributed by atoms with Crippen molar-refractivity contribution in [3.05, 3.63) is 35.4 Å². The summed E-state index contributed by atoms with van der Waals surface area (Å²) in [4.78, 5) is 28.6. The number of hydrogen-bond acceptors (Lipinski definition) is 4. The van der Waals surface area contributed by atoms with Crippen LogP contribution in [0.15, 0.2) is 34.8 Å². The summed E-state index contributed by atoms with van der Waals surface area (Å²) in [5.74, 6) is -1.47. The number of rotatable bonds is 2. The van der Waals surface area contributed by atoms with E-state index in [9.17, 15) is 9.59 Å². The van der Waals surface area contributed by atoms with Crippen molar-refractivity contribution >= 4 is 29.3 Å². The Kier molecular flexibility index (Phi) is 2.97. The fourth-order valence-corrected chi connectivity index (χ4v) is 1.69. The largest absolute Gasteiger partial charge is 0.478 e. The van der Waals surface area contributed by atoms with Crippen LogP contribution in [-0.2, 0) is 4.79 Å². The SMILES string of the molecule is CN(C)c1ccc2c(c1)N=CC(=CC(=O)O)C2=O. The highest BCUT2D eigenvalue weighted by Crippen LogP contribution is 2.29. The van der Waals surface area contributed by atoms with Crippen molar-refractivity contribution in [1.82, 2.24) is 0 Å². The van der Waals surface area contributed by atoms with Crippen LogP contribution in [0.3, 0.4) is 0 Å². The molecule has 1 aromatic rings. The third-order valence-electron chi connectivity index (χ3n) is 2.63. The zero-order chi connectivity index (χ0) is 13.3. The predicted molar refractivity (Wildman–Crippen MR) is 69.0 cm³/mol. The Morgan fingerprint density at radius 1 is 1.39 bits per heavy atom. The van der Waals surface area contributed by atoms with Gasteiger partial charge in [-0.05, 0) is 18.2 Å². The quantitative estimate of drug-likeness (QED) is 0.803. The van der Waals surface area contributed by atoms with Crippen LogP contribution in [0, 0.1) is 0 Å². The number of nitrogens with zero attached hydrogens (tertiary/aromatic N) is 2. The standard InChI is InChI=1S/C13H12N2O3/c1-15(2)9-3-4-10-11(6-9)14-7-8(13(10)18)5-12(16)17/h3-7H,1-2H3,(H,16,17). The fourth-order valence-electron chi connectivity index (χ4n) is 1.69. The number of benzene rings is 1. The highest BCUT2D eigenvalue weighted by Gasteiger charge is 2.20. The van der Waals surface area contributed by atoms with Crippen molar-refractivity contribution < 1.29 is 14.7 Å². The van der Waals surface area contributed by atoms with Gasteiger partial charge in [0.25, 0.3) is 0 Å². The second-order valence-corrected chi connectivity index (χ2v) is 4.12. The fraction of sp³-hybridized carbons (Fsp3) is 0.154. The highest BCUT2D eigenvalue weighted by molar-refractivity contribution is 6.27. The van der Waals surface area contributed by atoms with Crippen LogP contribution >= 0.6 is 0 Å². The van der Waals surface area contributed by atoms with E-state index < -0.39 is 5.97 Å². The Balaban J connectivity index is 2.47. The minimum absolute atomic E-state index is 0.0904. The van der Waals surface area contributed by atoms with Crippen molar-refractivity contribution in [2.24, 2.45) is 4.99 Å². The number of aliphatic imine (C=N–C) groups is 1. The lowest BCUT2D eigenvalue weighted by Crippen LogP contribution is -2.13. The molecule has 92 valence electrons. The second kappa shape index (κ2) is 4.44. The highest BCUT2D eigenvalue weighted by atomic mass is 16.4. The number of carbonyl (C=O) groups excluding carboxylic acids is 1. The Morgan fingerprint density at radius 2 is 2.11 bits per heavy atom. The van der Waals surface area contributed by atoms with Crippen LogP contribution in [-0.4, -0.2) is 37.2 Å². The first-order valence-electron chi connectivity index (χ1n) is 5.34. The van der Waals surface area contributed by atoms with Crippen molar-refractivity contribution in [1.29, 1.82) is 0 Å². The van der Waals surface area contributed by atoms with Gasteiger partial charge in [-0.2, -0.15) is 0 Å². The van der Waals surface area contributed by atoms with E-state index in [1.807, 2.05) is 19.0 Å². The summed E-state index contributed by atoms with van der Waals surface area (Å²) in [7, 11) is 3.79. The Hall–Kier alpha value is -2.43. The van der Waals surface area contributed by atoms with Crippen molar-refractivity contribution in [2.75, 3.05) is 19.0 Å². The second-order valence-electron chi connectivity index (χ2n) is 4.12. The lowest BCUT2D eigenvalue weighted by molar-refractivity contribution is -0.131. The zero-order valence-corrected chi connectivity index (χ0v) is 10.0. The van der Waals surface area contributed by atoms with E-state index in [-0.39, 0.29) is 11.4 Å². The minimum atomic E-state index is -1.15. The van der Waals surface area contributed by atoms with Gasteiger partial charge in [-0.15, -0.1) is 0 Å². The molecule has 0 saturated carbocycles. The van der Waals surface area contributed by atoms with Gasteiger partial charge >= 0.3 is 5.97 Å². The van der Waals surface area contributed by atoms with Gasteiger partial charge in [0.1, 0.15) is 0 Å². The van der Waals surface area contributed by atoms with E-state index in [2.05, 4.69) is 4.99 Å². The lowest BCUT2D eigenvalue weighted by Gasteiger charge is -2.16. The normalized spacial score (nSPS) is 15.7. The van der Waals surface area contributed by atoms with Gasteiger partial charge < -0.3 is 10.0 Å². The minimum Gasteiger partial charge on any atom is -0.478 e. The molecule has 5 nitrogen and oxygen atoms in total. The first-order valence-corrected chi connectivity index (χ1v) is 5.34. The van der Waals surface area contributed by atoms with Crippen molar-refractivity contribution in [2.45, 2.75) is 0 Å². The summed E-state index contributed by atoms with van der Waals surface area (Å²) in [6, 6.07) is 5.26. The Labute approximate surface area is 104 Å². The van der Waals surface area contributed by atoms with Crippen LogP contribution in [0.4, 0.5) is 11.4 Å². The van der Waals surface area contributed by atoms with Crippen LogP contribution < -0.4 is 4.90 Å². The van der Waals surface area contributed by atoms with Crippen LogP contribution in [0.2, 0.25) is 0 Å². The maximum absolute atomic E-state index is 12.0. The van der Waals surface area contributed by atoms with Gasteiger partial charge in [-0.3, -0.25) is 9.79 Å². The van der Waals surface area contributed by atoms with E-state index in [1.165, 1.54) is 6.21 Å². The molecule has 0 spiro atoms. The molecule has 5 heteroatoms. The number of fused-ring (bicyclic) bond motifs is 1. The molecular formula is C13H12N2O3. The van der Waals surface area contributed by atoms with Gasteiger partial charge in [-0.25, -0.2) is 4.79 Å². The van der Waals surface area contributed by atoms with Crippen molar-refractivity contribution in [3.8, 4) is 0 Å². The van der Waals surface area contributed by atoms with Gasteiger partial charge in [0.05, 0.1) is 5.69 Å². The number of anilines is 1. The molecule has 0 unspecified atom stereocenters.